The third kappa shape index (κ3) is 5.78. The van der Waals surface area contributed by atoms with E-state index in [-0.39, 0.29) is 6.04 Å². The molecule has 1 unspecified atom stereocenters. The van der Waals surface area contributed by atoms with Crippen LogP contribution in [0.15, 0.2) is 81.9 Å². The number of hydrogen-bond donors (Lipinski definition) is 1. The fourth-order valence-corrected chi connectivity index (χ4v) is 5.57. The SMILES string of the molecule is CC(c1ccc(Nc2ccnc3cc(C(F)(F)F)ccc23)cc1)N1CCN(c2cc(Br)ccc2Br)CC1. The molecule has 37 heavy (non-hydrogen) atoms. The lowest BCUT2D eigenvalue weighted by Gasteiger charge is -2.39. The van der Waals surface area contributed by atoms with Gasteiger partial charge in [0.2, 0.25) is 0 Å². The maximum absolute atomic E-state index is 13.1. The molecule has 1 N–H and O–H groups in total. The van der Waals surface area contributed by atoms with E-state index in [9.17, 15) is 13.2 Å². The monoisotopic (exact) mass is 632 g/mol. The van der Waals surface area contributed by atoms with Crippen LogP contribution < -0.4 is 10.2 Å². The van der Waals surface area contributed by atoms with Crippen LogP contribution in [0.2, 0.25) is 0 Å². The number of aromatic nitrogens is 1. The molecule has 2 heterocycles. The van der Waals surface area contributed by atoms with Crippen LogP contribution in [0, 0.1) is 0 Å². The topological polar surface area (TPSA) is 31.4 Å². The molecule has 1 aliphatic rings. The average molecular weight is 634 g/mol. The highest BCUT2D eigenvalue weighted by molar-refractivity contribution is 9.11. The number of nitrogens with zero attached hydrogens (tertiary/aromatic N) is 3. The molecule has 9 heteroatoms. The van der Waals surface area contributed by atoms with Crippen LogP contribution in [-0.4, -0.2) is 36.1 Å². The molecule has 0 aliphatic carbocycles. The molecule has 1 aromatic heterocycles. The first-order valence-electron chi connectivity index (χ1n) is 12.0. The van der Waals surface area contributed by atoms with Crippen molar-refractivity contribution in [1.29, 1.82) is 0 Å². The van der Waals surface area contributed by atoms with Gasteiger partial charge in [-0.15, -0.1) is 0 Å². The number of benzene rings is 3. The van der Waals surface area contributed by atoms with Gasteiger partial charge in [-0.3, -0.25) is 9.88 Å². The summed E-state index contributed by atoms with van der Waals surface area (Å²) in [6.45, 7) is 6.04. The Morgan fingerprint density at radius 2 is 1.62 bits per heavy atom. The summed E-state index contributed by atoms with van der Waals surface area (Å²) in [4.78, 5) is 9.02. The van der Waals surface area contributed by atoms with Gasteiger partial charge in [-0.05, 0) is 76.9 Å². The Morgan fingerprint density at radius 3 is 2.32 bits per heavy atom. The number of fused-ring (bicyclic) bond motifs is 1. The minimum Gasteiger partial charge on any atom is -0.368 e. The third-order valence-electron chi connectivity index (χ3n) is 6.85. The van der Waals surface area contributed by atoms with Gasteiger partial charge < -0.3 is 10.2 Å². The molecule has 1 saturated heterocycles. The van der Waals surface area contributed by atoms with Crippen LogP contribution in [0.4, 0.5) is 30.2 Å². The standard InChI is InChI=1S/C28H25Br2F3N4/c1-18(36-12-14-37(15-13-36)27-17-21(29)5-9-24(27)30)19-2-6-22(7-3-19)35-25-10-11-34-26-16-20(28(31,32)33)4-8-23(25)26/h2-11,16-18H,12-15H2,1H3,(H,34,35). The van der Waals surface area contributed by atoms with Crippen molar-refractivity contribution < 1.29 is 13.2 Å². The fourth-order valence-electron chi connectivity index (χ4n) is 4.72. The van der Waals surface area contributed by atoms with Crippen molar-refractivity contribution in [3.8, 4) is 0 Å². The van der Waals surface area contributed by atoms with Crippen molar-refractivity contribution in [3.63, 3.8) is 0 Å². The molecule has 4 nitrogen and oxygen atoms in total. The highest BCUT2D eigenvalue weighted by Gasteiger charge is 2.30. The number of alkyl halides is 3. The molecule has 1 fully saturated rings. The summed E-state index contributed by atoms with van der Waals surface area (Å²) in [5.74, 6) is 0. The van der Waals surface area contributed by atoms with Crippen LogP contribution in [0.3, 0.4) is 0 Å². The minimum absolute atomic E-state index is 0.268. The van der Waals surface area contributed by atoms with E-state index >= 15 is 0 Å². The van der Waals surface area contributed by atoms with E-state index in [1.165, 1.54) is 23.5 Å². The van der Waals surface area contributed by atoms with Gasteiger partial charge in [-0.2, -0.15) is 13.2 Å². The number of anilines is 3. The molecule has 5 rings (SSSR count). The fraction of sp³-hybridized carbons (Fsp3) is 0.250. The quantitative estimate of drug-likeness (QED) is 0.239. The predicted molar refractivity (Wildman–Crippen MR) is 151 cm³/mol. The van der Waals surface area contributed by atoms with Gasteiger partial charge >= 0.3 is 6.18 Å². The Kier molecular flexibility index (Phi) is 7.47. The second kappa shape index (κ2) is 10.6. The Hall–Kier alpha value is -2.62. The van der Waals surface area contributed by atoms with Gasteiger partial charge in [0, 0.05) is 64.1 Å². The molecule has 0 bridgehead atoms. The predicted octanol–water partition coefficient (Wildman–Crippen LogP) is 8.41. The van der Waals surface area contributed by atoms with Gasteiger partial charge in [-0.1, -0.05) is 34.1 Å². The Morgan fingerprint density at radius 1 is 0.892 bits per heavy atom. The average Bonchev–Trinajstić information content (AvgIpc) is 2.89. The first-order chi connectivity index (χ1) is 17.7. The maximum atomic E-state index is 13.1. The van der Waals surface area contributed by atoms with Gasteiger partial charge in [0.25, 0.3) is 0 Å². The van der Waals surface area contributed by atoms with Gasteiger partial charge in [0.05, 0.1) is 16.8 Å². The molecular weight excluding hydrogens is 609 g/mol. The summed E-state index contributed by atoms with van der Waals surface area (Å²) in [6.07, 6.45) is -2.87. The zero-order valence-electron chi connectivity index (χ0n) is 20.1. The molecule has 0 spiro atoms. The molecule has 192 valence electrons. The Labute approximate surface area is 230 Å². The second-order valence-electron chi connectivity index (χ2n) is 9.13. The largest absolute Gasteiger partial charge is 0.416 e. The van der Waals surface area contributed by atoms with E-state index in [4.69, 9.17) is 0 Å². The summed E-state index contributed by atoms with van der Waals surface area (Å²) in [5, 5.41) is 3.98. The van der Waals surface area contributed by atoms with Crippen LogP contribution in [0.1, 0.15) is 24.1 Å². The highest BCUT2D eigenvalue weighted by atomic mass is 79.9. The first-order valence-corrected chi connectivity index (χ1v) is 13.5. The van der Waals surface area contributed by atoms with Crippen LogP contribution >= 0.6 is 31.9 Å². The smallest absolute Gasteiger partial charge is 0.368 e. The molecule has 3 aromatic carbocycles. The van der Waals surface area contributed by atoms with Crippen molar-refractivity contribution in [2.45, 2.75) is 19.1 Å². The van der Waals surface area contributed by atoms with Crippen LogP contribution in [0.5, 0.6) is 0 Å². The zero-order chi connectivity index (χ0) is 26.2. The van der Waals surface area contributed by atoms with Crippen LogP contribution in [0.25, 0.3) is 10.9 Å². The number of hydrogen-bond acceptors (Lipinski definition) is 4. The van der Waals surface area contributed by atoms with Crippen molar-refractivity contribution in [2.24, 2.45) is 0 Å². The number of nitrogens with one attached hydrogen (secondary N) is 1. The van der Waals surface area contributed by atoms with E-state index in [1.807, 2.05) is 18.2 Å². The normalized spacial score (nSPS) is 15.7. The number of halogens is 5. The lowest BCUT2D eigenvalue weighted by molar-refractivity contribution is -0.137. The van der Waals surface area contributed by atoms with E-state index in [0.717, 1.165) is 52.9 Å². The summed E-state index contributed by atoms with van der Waals surface area (Å²) >= 11 is 7.24. The number of rotatable bonds is 5. The van der Waals surface area contributed by atoms with Crippen molar-refractivity contribution in [3.05, 3.63) is 93.0 Å². The summed E-state index contributed by atoms with van der Waals surface area (Å²) < 4.78 is 41.4. The van der Waals surface area contributed by atoms with Gasteiger partial charge in [0.1, 0.15) is 0 Å². The first kappa shape index (κ1) is 26.0. The number of piperazine rings is 1. The molecule has 1 atom stereocenters. The molecule has 0 saturated carbocycles. The number of pyridine rings is 1. The van der Waals surface area contributed by atoms with E-state index in [1.54, 1.807) is 6.07 Å². The van der Waals surface area contributed by atoms with E-state index in [0.29, 0.717) is 16.6 Å². The van der Waals surface area contributed by atoms with Crippen molar-refractivity contribution in [1.82, 2.24) is 9.88 Å². The molecular formula is C28H25Br2F3N4. The van der Waals surface area contributed by atoms with Crippen molar-refractivity contribution in [2.75, 3.05) is 36.4 Å². The molecule has 4 aromatic rings. The molecule has 0 amide bonds. The molecule has 0 radical (unpaired) electrons. The Balaban J connectivity index is 1.25. The third-order valence-corrected chi connectivity index (χ3v) is 8.02. The van der Waals surface area contributed by atoms with Crippen LogP contribution in [-0.2, 0) is 6.18 Å². The Bertz CT molecular complexity index is 1400. The van der Waals surface area contributed by atoms with E-state index in [2.05, 4.69) is 83.1 Å². The van der Waals surface area contributed by atoms with Crippen molar-refractivity contribution >= 4 is 59.8 Å². The highest BCUT2D eigenvalue weighted by Crippen LogP contribution is 2.34. The lowest BCUT2D eigenvalue weighted by atomic mass is 10.0. The lowest BCUT2D eigenvalue weighted by Crippen LogP contribution is -2.47. The minimum atomic E-state index is -4.39. The second-order valence-corrected chi connectivity index (χ2v) is 10.9. The van der Waals surface area contributed by atoms with Gasteiger partial charge in [-0.25, -0.2) is 0 Å². The summed E-state index contributed by atoms with van der Waals surface area (Å²) in [6, 6.07) is 20.2. The summed E-state index contributed by atoms with van der Waals surface area (Å²) in [5.41, 5.74) is 3.61. The zero-order valence-corrected chi connectivity index (χ0v) is 23.2. The maximum Gasteiger partial charge on any atom is 0.416 e. The molecule has 1 aliphatic heterocycles. The van der Waals surface area contributed by atoms with Gasteiger partial charge in [0.15, 0.2) is 0 Å². The van der Waals surface area contributed by atoms with E-state index < -0.39 is 11.7 Å². The summed E-state index contributed by atoms with van der Waals surface area (Å²) in [7, 11) is 0.